The fourth-order valence-corrected chi connectivity index (χ4v) is 3.27. The number of piperazine rings is 1. The van der Waals surface area contributed by atoms with Crippen LogP contribution in [0, 0.1) is 0 Å². The minimum Gasteiger partial charge on any atom is -0.353 e. The van der Waals surface area contributed by atoms with Crippen LogP contribution >= 0.6 is 0 Å². The molecule has 27 heavy (non-hydrogen) atoms. The van der Waals surface area contributed by atoms with E-state index >= 15 is 0 Å². The third kappa shape index (κ3) is 3.97. The maximum atomic E-state index is 4.47. The first-order valence-electron chi connectivity index (χ1n) is 9.27. The van der Waals surface area contributed by atoms with Gasteiger partial charge in [0, 0.05) is 50.3 Å². The summed E-state index contributed by atoms with van der Waals surface area (Å²) >= 11 is 0. The van der Waals surface area contributed by atoms with Crippen LogP contribution in [0.1, 0.15) is 12.5 Å². The molecule has 1 saturated heterocycles. The highest BCUT2D eigenvalue weighted by molar-refractivity contribution is 5.62. The lowest BCUT2D eigenvalue weighted by Gasteiger charge is -2.35. The number of para-hydroxylation sites is 1. The van der Waals surface area contributed by atoms with Crippen LogP contribution in [0.25, 0.3) is 0 Å². The highest BCUT2D eigenvalue weighted by atomic mass is 15.3. The Morgan fingerprint density at radius 1 is 0.889 bits per heavy atom. The molecule has 0 radical (unpaired) electrons. The molecule has 1 aromatic carbocycles. The van der Waals surface area contributed by atoms with E-state index < -0.39 is 0 Å². The van der Waals surface area contributed by atoms with Crippen LogP contribution in [0.5, 0.6) is 0 Å². The summed E-state index contributed by atoms with van der Waals surface area (Å²) in [6.45, 7) is 5.65. The van der Waals surface area contributed by atoms with Crippen molar-refractivity contribution in [2.45, 2.75) is 13.3 Å². The van der Waals surface area contributed by atoms with Gasteiger partial charge >= 0.3 is 0 Å². The summed E-state index contributed by atoms with van der Waals surface area (Å²) in [5.41, 5.74) is 2.37. The average molecular weight is 361 g/mol. The lowest BCUT2D eigenvalue weighted by molar-refractivity contribution is 0.634. The van der Waals surface area contributed by atoms with Crippen LogP contribution in [0.4, 0.5) is 23.3 Å². The van der Waals surface area contributed by atoms with Crippen molar-refractivity contribution >= 4 is 23.3 Å². The van der Waals surface area contributed by atoms with E-state index in [-0.39, 0.29) is 0 Å². The molecule has 0 atom stereocenters. The summed E-state index contributed by atoms with van der Waals surface area (Å²) in [4.78, 5) is 22.0. The van der Waals surface area contributed by atoms with Crippen molar-refractivity contribution in [3.8, 4) is 0 Å². The van der Waals surface area contributed by atoms with Gasteiger partial charge in [-0.3, -0.25) is 0 Å². The van der Waals surface area contributed by atoms with Gasteiger partial charge in [-0.15, -0.1) is 0 Å². The highest BCUT2D eigenvalue weighted by Gasteiger charge is 2.20. The zero-order chi connectivity index (χ0) is 18.5. The van der Waals surface area contributed by atoms with Crippen LogP contribution in [0.15, 0.2) is 55.1 Å². The Labute approximate surface area is 159 Å². The van der Waals surface area contributed by atoms with E-state index in [4.69, 9.17) is 0 Å². The Bertz CT molecular complexity index is 876. The van der Waals surface area contributed by atoms with Crippen molar-refractivity contribution < 1.29 is 0 Å². The normalized spacial score (nSPS) is 14.3. The number of benzene rings is 1. The van der Waals surface area contributed by atoms with Gasteiger partial charge in [0.15, 0.2) is 0 Å². The molecule has 0 bridgehead atoms. The number of hydrogen-bond acceptors (Lipinski definition) is 7. The summed E-state index contributed by atoms with van der Waals surface area (Å²) in [6.07, 6.45) is 6.17. The van der Waals surface area contributed by atoms with Crippen LogP contribution in [0.2, 0.25) is 0 Å². The number of aryl methyl sites for hydroxylation is 1. The van der Waals surface area contributed by atoms with Crippen molar-refractivity contribution in [2.75, 3.05) is 41.3 Å². The zero-order valence-electron chi connectivity index (χ0n) is 15.4. The molecule has 138 valence electrons. The van der Waals surface area contributed by atoms with Gasteiger partial charge in [-0.25, -0.2) is 19.9 Å². The molecule has 7 nitrogen and oxygen atoms in total. The second kappa shape index (κ2) is 7.99. The van der Waals surface area contributed by atoms with E-state index in [9.17, 15) is 0 Å². The summed E-state index contributed by atoms with van der Waals surface area (Å²) in [5, 5.41) is 3.43. The average Bonchev–Trinajstić information content (AvgIpc) is 2.75. The maximum Gasteiger partial charge on any atom is 0.225 e. The second-order valence-corrected chi connectivity index (χ2v) is 6.42. The number of rotatable bonds is 5. The van der Waals surface area contributed by atoms with Crippen LogP contribution in [0.3, 0.4) is 0 Å². The summed E-state index contributed by atoms with van der Waals surface area (Å²) in [7, 11) is 0. The fraction of sp³-hybridized carbons (Fsp3) is 0.300. The zero-order valence-corrected chi connectivity index (χ0v) is 15.4. The highest BCUT2D eigenvalue weighted by Crippen LogP contribution is 2.23. The van der Waals surface area contributed by atoms with Crippen molar-refractivity contribution in [1.82, 2.24) is 19.9 Å². The monoisotopic (exact) mass is 361 g/mol. The molecule has 7 heteroatoms. The lowest BCUT2D eigenvalue weighted by Crippen LogP contribution is -2.47. The second-order valence-electron chi connectivity index (χ2n) is 6.42. The molecule has 0 spiro atoms. The third-order valence-electron chi connectivity index (χ3n) is 4.75. The Hall–Kier alpha value is -3.22. The Morgan fingerprint density at radius 3 is 2.41 bits per heavy atom. The fourth-order valence-electron chi connectivity index (χ4n) is 3.27. The summed E-state index contributed by atoms with van der Waals surface area (Å²) in [6, 6.07) is 12.2. The molecular weight excluding hydrogens is 338 g/mol. The molecule has 2 aromatic heterocycles. The summed E-state index contributed by atoms with van der Waals surface area (Å²) in [5.74, 6) is 2.54. The lowest BCUT2D eigenvalue weighted by atomic mass is 10.1. The van der Waals surface area contributed by atoms with Crippen molar-refractivity contribution in [3.05, 3.63) is 60.7 Å². The predicted octanol–water partition coefficient (Wildman–Crippen LogP) is 2.90. The van der Waals surface area contributed by atoms with Gasteiger partial charge in [-0.1, -0.05) is 25.1 Å². The van der Waals surface area contributed by atoms with Gasteiger partial charge in [-0.2, -0.15) is 0 Å². The van der Waals surface area contributed by atoms with Gasteiger partial charge in [0.1, 0.15) is 18.0 Å². The quantitative estimate of drug-likeness (QED) is 0.749. The number of anilines is 4. The van der Waals surface area contributed by atoms with E-state index in [0.29, 0.717) is 0 Å². The van der Waals surface area contributed by atoms with Crippen LogP contribution in [-0.2, 0) is 6.42 Å². The van der Waals surface area contributed by atoms with E-state index in [1.54, 1.807) is 18.7 Å². The van der Waals surface area contributed by atoms with Gasteiger partial charge in [0.05, 0.1) is 0 Å². The maximum absolute atomic E-state index is 4.47. The standard InChI is InChI=1S/C20H23N7/c1-2-16-6-3-4-7-17(16)25-18-14-19(24-15-23-18)26-10-12-27(13-11-26)20-21-8-5-9-22-20/h3-9,14-15H,2,10-13H2,1H3,(H,23,24,25). The molecule has 1 aliphatic rings. The molecule has 1 aliphatic heterocycles. The van der Waals surface area contributed by atoms with E-state index in [1.165, 1.54) is 5.56 Å². The predicted molar refractivity (Wildman–Crippen MR) is 108 cm³/mol. The smallest absolute Gasteiger partial charge is 0.225 e. The number of nitrogens with zero attached hydrogens (tertiary/aromatic N) is 6. The Morgan fingerprint density at radius 2 is 1.63 bits per heavy atom. The largest absolute Gasteiger partial charge is 0.353 e. The van der Waals surface area contributed by atoms with Gasteiger partial charge < -0.3 is 15.1 Å². The van der Waals surface area contributed by atoms with Gasteiger partial charge in [-0.05, 0) is 24.1 Å². The minimum atomic E-state index is 0.790. The first-order chi connectivity index (χ1) is 13.3. The number of hydrogen-bond donors (Lipinski definition) is 1. The number of aromatic nitrogens is 4. The first-order valence-corrected chi connectivity index (χ1v) is 9.27. The molecule has 0 saturated carbocycles. The van der Waals surface area contributed by atoms with Crippen molar-refractivity contribution in [1.29, 1.82) is 0 Å². The molecule has 0 aliphatic carbocycles. The third-order valence-corrected chi connectivity index (χ3v) is 4.75. The van der Waals surface area contributed by atoms with Gasteiger partial charge in [0.2, 0.25) is 5.95 Å². The molecule has 3 aromatic rings. The van der Waals surface area contributed by atoms with Crippen LogP contribution < -0.4 is 15.1 Å². The Kier molecular flexibility index (Phi) is 5.09. The minimum absolute atomic E-state index is 0.790. The number of nitrogens with one attached hydrogen (secondary N) is 1. The molecule has 0 amide bonds. The van der Waals surface area contributed by atoms with Crippen LogP contribution in [-0.4, -0.2) is 46.1 Å². The van der Waals surface area contributed by atoms with E-state index in [0.717, 1.165) is 55.9 Å². The molecule has 1 fully saturated rings. The topological polar surface area (TPSA) is 70.1 Å². The first kappa shape index (κ1) is 17.2. The molecule has 4 rings (SSSR count). The van der Waals surface area contributed by atoms with Gasteiger partial charge in [0.25, 0.3) is 0 Å². The van der Waals surface area contributed by atoms with Crippen molar-refractivity contribution in [2.24, 2.45) is 0 Å². The van der Waals surface area contributed by atoms with Crippen molar-refractivity contribution in [3.63, 3.8) is 0 Å². The molecule has 0 unspecified atom stereocenters. The van der Waals surface area contributed by atoms with E-state index in [2.05, 4.69) is 60.2 Å². The summed E-state index contributed by atoms with van der Waals surface area (Å²) < 4.78 is 0. The molecule has 1 N–H and O–H groups in total. The Balaban J connectivity index is 1.44. The molecule has 3 heterocycles. The molecular formula is C20H23N7. The van der Waals surface area contributed by atoms with E-state index in [1.807, 2.05) is 18.2 Å². The SMILES string of the molecule is CCc1ccccc1Nc1cc(N2CCN(c3ncccn3)CC2)ncn1.